The van der Waals surface area contributed by atoms with Crippen molar-refractivity contribution in [1.82, 2.24) is 4.72 Å². The largest absolute Gasteiger partial charge is 0.326 e. The normalized spacial score (nSPS) is 18.1. The molecule has 1 heterocycles. The summed E-state index contributed by atoms with van der Waals surface area (Å²) in [5.74, 6) is 0. The topological polar surface area (TPSA) is 72.2 Å². The average molecular weight is 260 g/mol. The molecular formula is C10H16N2O2S2. The molecule has 0 aliphatic heterocycles. The Morgan fingerprint density at radius 2 is 2.12 bits per heavy atom. The Balaban J connectivity index is 2.11. The van der Waals surface area contributed by atoms with E-state index in [0.29, 0.717) is 11.4 Å². The number of nitrogens with one attached hydrogen (secondary N) is 1. The first-order valence-electron chi connectivity index (χ1n) is 5.41. The Kier molecular flexibility index (Phi) is 3.63. The quantitative estimate of drug-likeness (QED) is 0.860. The number of thiophene rings is 1. The van der Waals surface area contributed by atoms with Crippen LogP contribution in [0.5, 0.6) is 0 Å². The highest BCUT2D eigenvalue weighted by atomic mass is 32.2. The van der Waals surface area contributed by atoms with Gasteiger partial charge in [-0.1, -0.05) is 12.8 Å². The van der Waals surface area contributed by atoms with Crippen molar-refractivity contribution >= 4 is 21.4 Å². The lowest BCUT2D eigenvalue weighted by Crippen LogP contribution is -2.32. The predicted molar refractivity (Wildman–Crippen MR) is 64.8 cm³/mol. The Hall–Kier alpha value is -0.430. The van der Waals surface area contributed by atoms with Crippen LogP contribution in [0.1, 0.15) is 30.6 Å². The number of sulfonamides is 1. The van der Waals surface area contributed by atoms with Crippen LogP contribution in [0.3, 0.4) is 0 Å². The van der Waals surface area contributed by atoms with Gasteiger partial charge in [-0.05, 0) is 18.9 Å². The van der Waals surface area contributed by atoms with Crippen molar-refractivity contribution in [2.24, 2.45) is 5.73 Å². The minimum atomic E-state index is -3.33. The van der Waals surface area contributed by atoms with Crippen molar-refractivity contribution in [3.8, 4) is 0 Å². The van der Waals surface area contributed by atoms with Crippen molar-refractivity contribution < 1.29 is 8.42 Å². The summed E-state index contributed by atoms with van der Waals surface area (Å²) in [5.41, 5.74) is 5.47. The van der Waals surface area contributed by atoms with Crippen molar-refractivity contribution in [1.29, 1.82) is 0 Å². The van der Waals surface area contributed by atoms with Gasteiger partial charge in [0.05, 0.1) is 4.90 Å². The SMILES string of the molecule is NCc1cc(S(=O)(=O)NC2CCCC2)cs1. The first-order valence-corrected chi connectivity index (χ1v) is 7.78. The molecule has 0 saturated heterocycles. The summed E-state index contributed by atoms with van der Waals surface area (Å²) < 4.78 is 26.7. The van der Waals surface area contributed by atoms with Crippen LogP contribution in [0.4, 0.5) is 0 Å². The molecule has 1 fully saturated rings. The minimum Gasteiger partial charge on any atom is -0.326 e. The van der Waals surface area contributed by atoms with E-state index in [1.165, 1.54) is 11.3 Å². The fourth-order valence-corrected chi connectivity index (χ4v) is 4.40. The Labute approximate surface area is 99.9 Å². The molecule has 4 nitrogen and oxygen atoms in total. The highest BCUT2D eigenvalue weighted by Gasteiger charge is 2.23. The standard InChI is InChI=1S/C10H16N2O2S2/c11-6-9-5-10(7-15-9)16(13,14)12-8-3-1-2-4-8/h5,7-8,12H,1-4,6,11H2. The van der Waals surface area contributed by atoms with Gasteiger partial charge in [-0.15, -0.1) is 11.3 Å². The summed E-state index contributed by atoms with van der Waals surface area (Å²) in [6.45, 7) is 0.392. The molecular weight excluding hydrogens is 244 g/mol. The van der Waals surface area contributed by atoms with Crippen LogP contribution in [-0.2, 0) is 16.6 Å². The molecule has 0 amide bonds. The summed E-state index contributed by atoms with van der Waals surface area (Å²) >= 11 is 1.39. The van der Waals surface area contributed by atoms with Crippen molar-refractivity contribution in [3.63, 3.8) is 0 Å². The number of nitrogens with two attached hydrogens (primary N) is 1. The second-order valence-electron chi connectivity index (χ2n) is 4.06. The molecule has 1 aromatic rings. The van der Waals surface area contributed by atoms with Gasteiger partial charge in [0.1, 0.15) is 0 Å². The van der Waals surface area contributed by atoms with Gasteiger partial charge in [-0.25, -0.2) is 13.1 Å². The number of hydrogen-bond donors (Lipinski definition) is 2. The van der Waals surface area contributed by atoms with E-state index >= 15 is 0 Å². The van der Waals surface area contributed by atoms with Gasteiger partial charge in [0.25, 0.3) is 0 Å². The molecule has 0 radical (unpaired) electrons. The molecule has 0 unspecified atom stereocenters. The molecule has 0 spiro atoms. The highest BCUT2D eigenvalue weighted by molar-refractivity contribution is 7.89. The molecule has 3 N–H and O–H groups in total. The summed E-state index contributed by atoms with van der Waals surface area (Å²) in [6, 6.07) is 1.77. The monoisotopic (exact) mass is 260 g/mol. The molecule has 90 valence electrons. The Bertz CT molecular complexity index is 447. The minimum absolute atomic E-state index is 0.117. The second kappa shape index (κ2) is 4.83. The van der Waals surface area contributed by atoms with Gasteiger partial charge in [0, 0.05) is 22.8 Å². The second-order valence-corrected chi connectivity index (χ2v) is 6.77. The smallest absolute Gasteiger partial charge is 0.241 e. The molecule has 0 atom stereocenters. The molecule has 1 aliphatic carbocycles. The average Bonchev–Trinajstić information content (AvgIpc) is 2.85. The molecule has 16 heavy (non-hydrogen) atoms. The van der Waals surface area contributed by atoms with Crippen LogP contribution >= 0.6 is 11.3 Å². The first-order chi connectivity index (χ1) is 7.62. The third-order valence-electron chi connectivity index (χ3n) is 2.82. The van der Waals surface area contributed by atoms with Gasteiger partial charge in [-0.3, -0.25) is 0 Å². The molecule has 2 rings (SSSR count). The zero-order valence-electron chi connectivity index (χ0n) is 8.98. The van der Waals surface area contributed by atoms with Crippen LogP contribution in [-0.4, -0.2) is 14.5 Å². The first kappa shape index (κ1) is 12.0. The lowest BCUT2D eigenvalue weighted by Gasteiger charge is -2.10. The van der Waals surface area contributed by atoms with Crippen molar-refractivity contribution in [3.05, 3.63) is 16.3 Å². The predicted octanol–water partition coefficient (Wildman–Crippen LogP) is 1.43. The van der Waals surface area contributed by atoms with Gasteiger partial charge < -0.3 is 5.73 Å². The van der Waals surface area contributed by atoms with Crippen LogP contribution in [0.25, 0.3) is 0 Å². The molecule has 0 bridgehead atoms. The van der Waals surface area contributed by atoms with E-state index < -0.39 is 10.0 Å². The lowest BCUT2D eigenvalue weighted by atomic mass is 10.3. The maximum Gasteiger partial charge on any atom is 0.241 e. The molecule has 1 aromatic heterocycles. The highest BCUT2D eigenvalue weighted by Crippen LogP contribution is 2.23. The van der Waals surface area contributed by atoms with E-state index in [9.17, 15) is 8.42 Å². The molecule has 6 heteroatoms. The van der Waals surface area contributed by atoms with Crippen LogP contribution in [0.2, 0.25) is 0 Å². The molecule has 1 saturated carbocycles. The summed E-state index contributed by atoms with van der Waals surface area (Å²) in [5, 5.41) is 1.65. The van der Waals surface area contributed by atoms with Crippen molar-refractivity contribution in [2.75, 3.05) is 0 Å². The van der Waals surface area contributed by atoms with Gasteiger partial charge >= 0.3 is 0 Å². The molecule has 1 aliphatic rings. The summed E-state index contributed by atoms with van der Waals surface area (Å²) in [4.78, 5) is 1.25. The lowest BCUT2D eigenvalue weighted by molar-refractivity contribution is 0.552. The number of rotatable bonds is 4. The maximum absolute atomic E-state index is 12.0. The molecule has 0 aromatic carbocycles. The number of hydrogen-bond acceptors (Lipinski definition) is 4. The maximum atomic E-state index is 12.0. The van der Waals surface area contributed by atoms with E-state index in [-0.39, 0.29) is 6.04 Å². The van der Waals surface area contributed by atoms with E-state index in [2.05, 4.69) is 4.72 Å². The zero-order valence-corrected chi connectivity index (χ0v) is 10.6. The summed E-state index contributed by atoms with van der Waals surface area (Å²) in [6.07, 6.45) is 4.13. The van der Waals surface area contributed by atoms with Crippen LogP contribution < -0.4 is 10.5 Å². The fourth-order valence-electron chi connectivity index (χ4n) is 1.94. The van der Waals surface area contributed by atoms with Gasteiger partial charge in [0.15, 0.2) is 0 Å². The summed E-state index contributed by atoms with van der Waals surface area (Å²) in [7, 11) is -3.33. The van der Waals surface area contributed by atoms with Gasteiger partial charge in [0.2, 0.25) is 10.0 Å². The van der Waals surface area contributed by atoms with Crippen LogP contribution in [0.15, 0.2) is 16.3 Å². The van der Waals surface area contributed by atoms with Gasteiger partial charge in [-0.2, -0.15) is 0 Å². The Morgan fingerprint density at radius 1 is 1.44 bits per heavy atom. The van der Waals surface area contributed by atoms with E-state index in [4.69, 9.17) is 5.73 Å². The third-order valence-corrected chi connectivity index (χ3v) is 5.43. The van der Waals surface area contributed by atoms with Crippen LogP contribution in [0, 0.1) is 0 Å². The fraction of sp³-hybridized carbons (Fsp3) is 0.600. The van der Waals surface area contributed by atoms with E-state index in [1.807, 2.05) is 0 Å². The third kappa shape index (κ3) is 2.63. The Morgan fingerprint density at radius 3 is 2.69 bits per heavy atom. The van der Waals surface area contributed by atoms with E-state index in [0.717, 1.165) is 30.6 Å². The van der Waals surface area contributed by atoms with Crippen molar-refractivity contribution in [2.45, 2.75) is 43.2 Å². The van der Waals surface area contributed by atoms with E-state index in [1.54, 1.807) is 11.4 Å². The zero-order chi connectivity index (χ0) is 11.6.